The van der Waals surface area contributed by atoms with Gasteiger partial charge in [-0.05, 0) is 49.3 Å². The molecular weight excluding hydrogens is 248 g/mol. The highest BCUT2D eigenvalue weighted by atomic mass is 16.1. The first-order valence-corrected chi connectivity index (χ1v) is 7.23. The summed E-state index contributed by atoms with van der Waals surface area (Å²) in [6.07, 6.45) is 2.60. The van der Waals surface area contributed by atoms with E-state index in [1.165, 1.54) is 18.5 Å². The molecule has 3 heteroatoms. The number of carbonyl (C=O) groups is 1. The number of anilines is 1. The summed E-state index contributed by atoms with van der Waals surface area (Å²) in [5.41, 5.74) is 2.38. The Morgan fingerprint density at radius 3 is 2.80 bits per heavy atom. The van der Waals surface area contributed by atoms with Crippen molar-refractivity contribution in [2.45, 2.75) is 33.2 Å². The van der Waals surface area contributed by atoms with Gasteiger partial charge in [0, 0.05) is 25.3 Å². The zero-order chi connectivity index (χ0) is 14.4. The fourth-order valence-electron chi connectivity index (χ4n) is 2.59. The van der Waals surface area contributed by atoms with Crippen LogP contribution in [0.2, 0.25) is 0 Å². The molecule has 1 N–H and O–H groups in total. The monoisotopic (exact) mass is 270 g/mol. The molecule has 1 unspecified atom stereocenters. The van der Waals surface area contributed by atoms with Gasteiger partial charge in [-0.1, -0.05) is 25.0 Å². The lowest BCUT2D eigenvalue weighted by atomic mass is 9.99. The van der Waals surface area contributed by atoms with Gasteiger partial charge < -0.3 is 10.2 Å². The Morgan fingerprint density at radius 2 is 2.15 bits per heavy atom. The standard InChI is InChI=1S/C17H22N2O/c1-3-5-17(20)18-12-15-7-9-16(10-8-15)19-11-4-6-14(2)13-19/h7-10,14H,4,6,11-13H2,1-2H3,(H,18,20). The van der Waals surface area contributed by atoms with Crippen molar-refractivity contribution in [3.05, 3.63) is 29.8 Å². The SMILES string of the molecule is CC#CC(=O)NCc1ccc(N2CCCC(C)C2)cc1. The number of hydrogen-bond acceptors (Lipinski definition) is 2. The molecule has 0 aromatic heterocycles. The van der Waals surface area contributed by atoms with E-state index < -0.39 is 0 Å². The predicted molar refractivity (Wildman–Crippen MR) is 82.3 cm³/mol. The van der Waals surface area contributed by atoms with Gasteiger partial charge in [0.05, 0.1) is 0 Å². The van der Waals surface area contributed by atoms with E-state index in [1.54, 1.807) is 6.92 Å². The minimum Gasteiger partial charge on any atom is -0.371 e. The summed E-state index contributed by atoms with van der Waals surface area (Å²) < 4.78 is 0. The van der Waals surface area contributed by atoms with E-state index >= 15 is 0 Å². The van der Waals surface area contributed by atoms with Crippen molar-refractivity contribution in [2.75, 3.05) is 18.0 Å². The highest BCUT2D eigenvalue weighted by Crippen LogP contribution is 2.23. The van der Waals surface area contributed by atoms with Crippen LogP contribution < -0.4 is 10.2 Å². The molecule has 20 heavy (non-hydrogen) atoms. The van der Waals surface area contributed by atoms with Crippen molar-refractivity contribution in [1.29, 1.82) is 0 Å². The lowest BCUT2D eigenvalue weighted by molar-refractivity contribution is -0.115. The molecule has 0 bridgehead atoms. The van der Waals surface area contributed by atoms with Gasteiger partial charge in [0.1, 0.15) is 0 Å². The molecule has 1 fully saturated rings. The van der Waals surface area contributed by atoms with Gasteiger partial charge in [-0.25, -0.2) is 0 Å². The van der Waals surface area contributed by atoms with E-state index in [2.05, 4.69) is 53.2 Å². The molecule has 1 atom stereocenters. The number of nitrogens with one attached hydrogen (secondary N) is 1. The molecule has 2 rings (SSSR count). The minimum atomic E-state index is -0.221. The third-order valence-electron chi connectivity index (χ3n) is 3.65. The Labute approximate surface area is 121 Å². The Bertz CT molecular complexity index is 510. The van der Waals surface area contributed by atoms with Crippen LogP contribution in [-0.4, -0.2) is 19.0 Å². The number of hydrogen-bond donors (Lipinski definition) is 1. The van der Waals surface area contributed by atoms with Crippen LogP contribution in [0, 0.1) is 17.8 Å². The van der Waals surface area contributed by atoms with Crippen LogP contribution >= 0.6 is 0 Å². The minimum absolute atomic E-state index is 0.221. The summed E-state index contributed by atoms with van der Waals surface area (Å²) in [4.78, 5) is 13.7. The molecule has 1 aliphatic rings. The van der Waals surface area contributed by atoms with Crippen molar-refractivity contribution in [3.8, 4) is 11.8 Å². The number of rotatable bonds is 3. The lowest BCUT2D eigenvalue weighted by Crippen LogP contribution is -2.34. The van der Waals surface area contributed by atoms with Crippen LogP contribution in [0.3, 0.4) is 0 Å². The third kappa shape index (κ3) is 4.03. The van der Waals surface area contributed by atoms with Crippen LogP contribution in [0.1, 0.15) is 32.3 Å². The van der Waals surface area contributed by atoms with Crippen molar-refractivity contribution >= 4 is 11.6 Å². The first-order valence-electron chi connectivity index (χ1n) is 7.23. The smallest absolute Gasteiger partial charge is 0.296 e. The molecule has 1 aliphatic heterocycles. The van der Waals surface area contributed by atoms with Gasteiger partial charge in [-0.2, -0.15) is 0 Å². The van der Waals surface area contributed by atoms with Crippen LogP contribution in [0.25, 0.3) is 0 Å². The van der Waals surface area contributed by atoms with Gasteiger partial charge in [-0.3, -0.25) is 4.79 Å². The van der Waals surface area contributed by atoms with Gasteiger partial charge in [0.2, 0.25) is 0 Å². The van der Waals surface area contributed by atoms with Crippen molar-refractivity contribution < 1.29 is 4.79 Å². The topological polar surface area (TPSA) is 32.3 Å². The van der Waals surface area contributed by atoms with Crippen molar-refractivity contribution in [3.63, 3.8) is 0 Å². The van der Waals surface area contributed by atoms with Gasteiger partial charge in [-0.15, -0.1) is 0 Å². The van der Waals surface area contributed by atoms with Crippen molar-refractivity contribution in [1.82, 2.24) is 5.32 Å². The average Bonchev–Trinajstić information content (AvgIpc) is 2.46. The quantitative estimate of drug-likeness (QED) is 0.856. The highest BCUT2D eigenvalue weighted by molar-refractivity contribution is 5.93. The molecular formula is C17H22N2O. The summed E-state index contributed by atoms with van der Waals surface area (Å²) >= 11 is 0. The number of benzene rings is 1. The molecule has 1 heterocycles. The first-order chi connectivity index (χ1) is 9.69. The molecule has 0 aliphatic carbocycles. The molecule has 3 nitrogen and oxygen atoms in total. The second-order valence-corrected chi connectivity index (χ2v) is 5.42. The van der Waals surface area contributed by atoms with E-state index in [9.17, 15) is 4.79 Å². The predicted octanol–water partition coefficient (Wildman–Crippen LogP) is 2.56. The summed E-state index contributed by atoms with van der Waals surface area (Å²) in [5.74, 6) is 5.62. The number of carbonyl (C=O) groups excluding carboxylic acids is 1. The lowest BCUT2D eigenvalue weighted by Gasteiger charge is -2.32. The fourth-order valence-corrected chi connectivity index (χ4v) is 2.59. The molecule has 1 aromatic carbocycles. The summed E-state index contributed by atoms with van der Waals surface area (Å²) in [6, 6.07) is 8.44. The fraction of sp³-hybridized carbons (Fsp3) is 0.471. The largest absolute Gasteiger partial charge is 0.371 e. The average molecular weight is 270 g/mol. The first kappa shape index (κ1) is 14.5. The number of piperidine rings is 1. The maximum atomic E-state index is 11.3. The summed E-state index contributed by atoms with van der Waals surface area (Å²) in [6.45, 7) is 6.79. The second kappa shape index (κ2) is 7.00. The Balaban J connectivity index is 1.92. The van der Waals surface area contributed by atoms with E-state index in [0.717, 1.165) is 24.6 Å². The molecule has 1 saturated heterocycles. The highest BCUT2D eigenvalue weighted by Gasteiger charge is 2.16. The maximum Gasteiger partial charge on any atom is 0.296 e. The van der Waals surface area contributed by atoms with E-state index in [-0.39, 0.29) is 5.91 Å². The van der Waals surface area contributed by atoms with E-state index in [0.29, 0.717) is 6.54 Å². The van der Waals surface area contributed by atoms with Gasteiger partial charge in [0.25, 0.3) is 5.91 Å². The molecule has 1 aromatic rings. The van der Waals surface area contributed by atoms with Crippen LogP contribution in [0.15, 0.2) is 24.3 Å². The zero-order valence-electron chi connectivity index (χ0n) is 12.3. The van der Waals surface area contributed by atoms with Crippen LogP contribution in [-0.2, 0) is 11.3 Å². The van der Waals surface area contributed by atoms with E-state index in [1.807, 2.05) is 0 Å². The maximum absolute atomic E-state index is 11.3. The molecule has 106 valence electrons. The number of nitrogens with zero attached hydrogens (tertiary/aromatic N) is 1. The van der Waals surface area contributed by atoms with Crippen LogP contribution in [0.4, 0.5) is 5.69 Å². The molecule has 0 spiro atoms. The Hall–Kier alpha value is -1.95. The number of amides is 1. The van der Waals surface area contributed by atoms with Gasteiger partial charge in [0.15, 0.2) is 0 Å². The molecule has 1 amide bonds. The Morgan fingerprint density at radius 1 is 1.40 bits per heavy atom. The van der Waals surface area contributed by atoms with E-state index in [4.69, 9.17) is 0 Å². The molecule has 0 saturated carbocycles. The normalized spacial score (nSPS) is 18.1. The Kier molecular flexibility index (Phi) is 5.06. The summed E-state index contributed by atoms with van der Waals surface area (Å²) in [5, 5.41) is 2.78. The summed E-state index contributed by atoms with van der Waals surface area (Å²) in [7, 11) is 0. The van der Waals surface area contributed by atoms with Gasteiger partial charge >= 0.3 is 0 Å². The van der Waals surface area contributed by atoms with Crippen molar-refractivity contribution in [2.24, 2.45) is 5.92 Å². The van der Waals surface area contributed by atoms with Crippen LogP contribution in [0.5, 0.6) is 0 Å². The second-order valence-electron chi connectivity index (χ2n) is 5.42. The molecule has 0 radical (unpaired) electrons. The zero-order valence-corrected chi connectivity index (χ0v) is 12.3. The third-order valence-corrected chi connectivity index (χ3v) is 3.65.